The zero-order valence-corrected chi connectivity index (χ0v) is 13.2. The summed E-state index contributed by atoms with van der Waals surface area (Å²) in [5, 5.41) is 7.81. The third-order valence-corrected chi connectivity index (χ3v) is 4.33. The first-order valence-electron chi connectivity index (χ1n) is 7.32. The zero-order valence-electron chi connectivity index (χ0n) is 12.4. The van der Waals surface area contributed by atoms with Gasteiger partial charge in [0.25, 0.3) is 0 Å². The van der Waals surface area contributed by atoms with Crippen LogP contribution in [0.3, 0.4) is 0 Å². The minimum Gasteiger partial charge on any atom is -0.310 e. The Morgan fingerprint density at radius 3 is 2.63 bits per heavy atom. The number of hydrogen-bond donors (Lipinski definition) is 1. The molecule has 0 aliphatic carbocycles. The van der Waals surface area contributed by atoms with E-state index in [1.807, 2.05) is 0 Å². The van der Waals surface area contributed by atoms with Crippen LogP contribution in [-0.2, 0) is 12.0 Å². The van der Waals surface area contributed by atoms with Crippen molar-refractivity contribution < 1.29 is 0 Å². The molecule has 1 N–H and O–H groups in total. The molecule has 0 radical (unpaired) electrons. The van der Waals surface area contributed by atoms with Crippen molar-refractivity contribution in [2.24, 2.45) is 0 Å². The van der Waals surface area contributed by atoms with Gasteiger partial charge in [-0.1, -0.05) is 31.7 Å². The summed E-state index contributed by atoms with van der Waals surface area (Å²) in [6.07, 6.45) is 4.14. The zero-order chi connectivity index (χ0) is 13.7. The Morgan fingerprint density at radius 1 is 1.21 bits per heavy atom. The van der Waals surface area contributed by atoms with Crippen molar-refractivity contribution in [2.75, 3.05) is 26.2 Å². The molecule has 19 heavy (non-hydrogen) atoms. The molecule has 0 aromatic carbocycles. The maximum Gasteiger partial charge on any atom is 0.0854 e. The first-order valence-corrected chi connectivity index (χ1v) is 8.09. The van der Waals surface area contributed by atoms with Crippen molar-refractivity contribution >= 4 is 11.5 Å². The lowest BCUT2D eigenvalue weighted by molar-refractivity contribution is 0.229. The summed E-state index contributed by atoms with van der Waals surface area (Å²) >= 11 is 1.53. The SMILES string of the molecule is CC(C)(C)c1nnsc1CNCCN1CCCCC1. The van der Waals surface area contributed by atoms with Gasteiger partial charge < -0.3 is 10.2 Å². The van der Waals surface area contributed by atoms with Crippen molar-refractivity contribution in [2.45, 2.75) is 52.0 Å². The lowest BCUT2D eigenvalue weighted by atomic mass is 9.91. The van der Waals surface area contributed by atoms with E-state index in [-0.39, 0.29) is 5.41 Å². The van der Waals surface area contributed by atoms with E-state index in [2.05, 4.69) is 40.6 Å². The summed E-state index contributed by atoms with van der Waals surface area (Å²) in [4.78, 5) is 3.85. The molecule has 2 heterocycles. The smallest absolute Gasteiger partial charge is 0.0854 e. The van der Waals surface area contributed by atoms with Crippen LogP contribution in [0.1, 0.15) is 50.6 Å². The third-order valence-electron chi connectivity index (χ3n) is 3.61. The fraction of sp³-hybridized carbons (Fsp3) is 0.857. The molecule has 0 atom stereocenters. The van der Waals surface area contributed by atoms with E-state index >= 15 is 0 Å². The molecule has 0 unspecified atom stereocenters. The number of rotatable bonds is 5. The minimum atomic E-state index is 0.0941. The predicted molar refractivity (Wildman–Crippen MR) is 80.6 cm³/mol. The average molecular weight is 282 g/mol. The van der Waals surface area contributed by atoms with Crippen LogP contribution in [0, 0.1) is 0 Å². The Bertz CT molecular complexity index is 377. The van der Waals surface area contributed by atoms with Crippen molar-refractivity contribution in [3.8, 4) is 0 Å². The summed E-state index contributed by atoms with van der Waals surface area (Å²) in [5.74, 6) is 0. The van der Waals surface area contributed by atoms with E-state index in [4.69, 9.17) is 0 Å². The molecular formula is C14H26N4S. The number of likely N-dealkylation sites (tertiary alicyclic amines) is 1. The quantitative estimate of drug-likeness (QED) is 0.842. The fourth-order valence-electron chi connectivity index (χ4n) is 2.52. The fourth-order valence-corrected chi connectivity index (χ4v) is 3.34. The van der Waals surface area contributed by atoms with Crippen LogP contribution in [-0.4, -0.2) is 40.7 Å². The first-order chi connectivity index (χ1) is 9.07. The molecular weight excluding hydrogens is 256 g/mol. The predicted octanol–water partition coefficient (Wildman–Crippen LogP) is 2.41. The normalized spacial score (nSPS) is 17.8. The van der Waals surface area contributed by atoms with E-state index < -0.39 is 0 Å². The van der Waals surface area contributed by atoms with Gasteiger partial charge in [0, 0.05) is 25.0 Å². The highest BCUT2D eigenvalue weighted by molar-refractivity contribution is 7.05. The molecule has 1 aliphatic heterocycles. The van der Waals surface area contributed by atoms with Gasteiger partial charge in [-0.05, 0) is 37.5 Å². The van der Waals surface area contributed by atoms with E-state index in [0.717, 1.165) is 25.3 Å². The molecule has 5 heteroatoms. The van der Waals surface area contributed by atoms with Gasteiger partial charge in [0.2, 0.25) is 0 Å². The van der Waals surface area contributed by atoms with Crippen LogP contribution < -0.4 is 5.32 Å². The van der Waals surface area contributed by atoms with Crippen molar-refractivity contribution in [3.05, 3.63) is 10.6 Å². The third kappa shape index (κ3) is 4.51. The molecule has 108 valence electrons. The molecule has 1 aromatic heterocycles. The van der Waals surface area contributed by atoms with Crippen molar-refractivity contribution in [3.63, 3.8) is 0 Å². The van der Waals surface area contributed by atoms with Gasteiger partial charge in [-0.3, -0.25) is 0 Å². The van der Waals surface area contributed by atoms with Crippen LogP contribution in [0.4, 0.5) is 0 Å². The summed E-state index contributed by atoms with van der Waals surface area (Å²) in [6.45, 7) is 12.3. The van der Waals surface area contributed by atoms with Crippen LogP contribution >= 0.6 is 11.5 Å². The standard InChI is InChI=1S/C14H26N4S/c1-14(2,3)13-12(19-17-16-13)11-15-7-10-18-8-5-4-6-9-18/h15H,4-11H2,1-3H3. The maximum absolute atomic E-state index is 4.27. The number of nitrogens with zero attached hydrogens (tertiary/aromatic N) is 3. The molecule has 2 rings (SSSR count). The lowest BCUT2D eigenvalue weighted by Crippen LogP contribution is -2.35. The summed E-state index contributed by atoms with van der Waals surface area (Å²) in [5.41, 5.74) is 1.24. The monoisotopic (exact) mass is 282 g/mol. The second-order valence-corrected chi connectivity index (χ2v) is 7.21. The molecule has 1 fully saturated rings. The van der Waals surface area contributed by atoms with Gasteiger partial charge in [-0.25, -0.2) is 0 Å². The summed E-state index contributed by atoms with van der Waals surface area (Å²) in [7, 11) is 0. The Morgan fingerprint density at radius 2 is 1.95 bits per heavy atom. The molecule has 0 amide bonds. The van der Waals surface area contributed by atoms with Crippen LogP contribution in [0.5, 0.6) is 0 Å². The molecule has 1 saturated heterocycles. The highest BCUT2D eigenvalue weighted by Gasteiger charge is 2.21. The highest BCUT2D eigenvalue weighted by atomic mass is 32.1. The molecule has 0 saturated carbocycles. The Kier molecular flexibility index (Phi) is 5.30. The van der Waals surface area contributed by atoms with Crippen LogP contribution in [0.25, 0.3) is 0 Å². The summed E-state index contributed by atoms with van der Waals surface area (Å²) in [6, 6.07) is 0. The second kappa shape index (κ2) is 6.77. The van der Waals surface area contributed by atoms with E-state index in [1.54, 1.807) is 0 Å². The molecule has 1 aromatic rings. The van der Waals surface area contributed by atoms with Crippen molar-refractivity contribution in [1.82, 2.24) is 19.8 Å². The van der Waals surface area contributed by atoms with Gasteiger partial charge >= 0.3 is 0 Å². The molecule has 1 aliphatic rings. The van der Waals surface area contributed by atoms with Crippen molar-refractivity contribution in [1.29, 1.82) is 0 Å². The van der Waals surface area contributed by atoms with E-state index in [1.165, 1.54) is 48.8 Å². The first kappa shape index (κ1) is 14.9. The van der Waals surface area contributed by atoms with Crippen LogP contribution in [0.15, 0.2) is 0 Å². The van der Waals surface area contributed by atoms with E-state index in [9.17, 15) is 0 Å². The van der Waals surface area contributed by atoms with Gasteiger partial charge in [0.05, 0.1) is 10.6 Å². The minimum absolute atomic E-state index is 0.0941. The molecule has 0 spiro atoms. The number of nitrogens with one attached hydrogen (secondary N) is 1. The molecule has 0 bridgehead atoms. The Balaban J connectivity index is 1.72. The average Bonchev–Trinajstić information content (AvgIpc) is 2.84. The molecule has 4 nitrogen and oxygen atoms in total. The Hall–Kier alpha value is -0.520. The summed E-state index contributed by atoms with van der Waals surface area (Å²) < 4.78 is 4.10. The number of aromatic nitrogens is 2. The number of hydrogen-bond acceptors (Lipinski definition) is 5. The number of piperidine rings is 1. The maximum atomic E-state index is 4.27. The Labute approximate surface area is 120 Å². The van der Waals surface area contributed by atoms with Gasteiger partial charge in [0.1, 0.15) is 0 Å². The van der Waals surface area contributed by atoms with Crippen LogP contribution in [0.2, 0.25) is 0 Å². The highest BCUT2D eigenvalue weighted by Crippen LogP contribution is 2.25. The lowest BCUT2D eigenvalue weighted by Gasteiger charge is -2.26. The van der Waals surface area contributed by atoms with Gasteiger partial charge in [-0.15, -0.1) is 5.10 Å². The van der Waals surface area contributed by atoms with Gasteiger partial charge in [-0.2, -0.15) is 0 Å². The second-order valence-electron chi connectivity index (χ2n) is 6.37. The topological polar surface area (TPSA) is 41.1 Å². The largest absolute Gasteiger partial charge is 0.310 e. The van der Waals surface area contributed by atoms with E-state index in [0.29, 0.717) is 0 Å². The van der Waals surface area contributed by atoms with Gasteiger partial charge in [0.15, 0.2) is 0 Å².